The van der Waals surface area contributed by atoms with Gasteiger partial charge in [-0.15, -0.1) is 0 Å². The quantitative estimate of drug-likeness (QED) is 0.787. The van der Waals surface area contributed by atoms with Gasteiger partial charge >= 0.3 is 94.1 Å². The summed E-state index contributed by atoms with van der Waals surface area (Å²) >= 11 is -0.0588. The Labute approximate surface area is 94.4 Å². The molecule has 0 aliphatic carbocycles. The first-order chi connectivity index (χ1) is 7.27. The maximum atomic E-state index is 9.60. The minimum atomic E-state index is -0.0588. The van der Waals surface area contributed by atoms with Crippen LogP contribution in [0, 0.1) is 0 Å². The van der Waals surface area contributed by atoms with Crippen molar-refractivity contribution in [2.24, 2.45) is 0 Å². The molecule has 0 spiro atoms. The van der Waals surface area contributed by atoms with Crippen molar-refractivity contribution in [3.63, 3.8) is 0 Å². The Hall–Kier alpha value is -1.44. The van der Waals surface area contributed by atoms with Gasteiger partial charge in [-0.05, 0) is 0 Å². The Morgan fingerprint density at radius 2 is 1.07 bits per heavy atom. The molecule has 76 valence electrons. The van der Waals surface area contributed by atoms with Crippen LogP contribution in [0.4, 0.5) is 0 Å². The second-order valence-corrected chi connectivity index (χ2v) is 5.31. The third kappa shape index (κ3) is 2.32. The fourth-order valence-electron chi connectivity index (χ4n) is 1.21. The normalized spacial score (nSPS) is 10.1. The zero-order chi connectivity index (χ0) is 10.7. The molecule has 2 aromatic rings. The van der Waals surface area contributed by atoms with Crippen LogP contribution in [-0.2, 0) is 0 Å². The second kappa shape index (κ2) is 4.39. The summed E-state index contributed by atoms with van der Waals surface area (Å²) in [5.41, 5.74) is 0. The molecular weight excluding hydrogens is 255 g/mol. The van der Waals surface area contributed by atoms with Crippen LogP contribution in [0.3, 0.4) is 0 Å². The van der Waals surface area contributed by atoms with E-state index in [0.717, 1.165) is 8.92 Å². The summed E-state index contributed by atoms with van der Waals surface area (Å²) in [6.45, 7) is 0. The summed E-state index contributed by atoms with van der Waals surface area (Å²) in [5, 5.41) is 19.2. The molecule has 0 aromatic heterocycles. The summed E-state index contributed by atoms with van der Waals surface area (Å²) in [7, 11) is 0. The molecule has 2 N–H and O–H groups in total. The molecule has 0 saturated carbocycles. The summed E-state index contributed by atoms with van der Waals surface area (Å²) in [6.07, 6.45) is 0. The Morgan fingerprint density at radius 1 is 0.667 bits per heavy atom. The molecule has 0 heterocycles. The molecule has 2 aromatic carbocycles. The second-order valence-electron chi connectivity index (χ2n) is 3.04. The number of benzene rings is 2. The number of hydrogen-bond donors (Lipinski definition) is 2. The van der Waals surface area contributed by atoms with Gasteiger partial charge < -0.3 is 0 Å². The van der Waals surface area contributed by atoms with E-state index in [2.05, 4.69) is 0 Å². The molecule has 0 aliphatic rings. The molecule has 2 rings (SSSR count). The average Bonchev–Trinajstić information content (AvgIpc) is 2.24. The molecular formula is C12H10O2Se. The summed E-state index contributed by atoms with van der Waals surface area (Å²) in [5.74, 6) is 0.585. The van der Waals surface area contributed by atoms with Gasteiger partial charge in [-0.2, -0.15) is 0 Å². The van der Waals surface area contributed by atoms with Crippen LogP contribution >= 0.6 is 0 Å². The summed E-state index contributed by atoms with van der Waals surface area (Å²) < 4.78 is 1.76. The van der Waals surface area contributed by atoms with Crippen molar-refractivity contribution >= 4 is 23.9 Å². The third-order valence-corrected chi connectivity index (χ3v) is 4.32. The summed E-state index contributed by atoms with van der Waals surface area (Å²) in [6, 6.07) is 14.4. The molecule has 0 atom stereocenters. The zero-order valence-electron chi connectivity index (χ0n) is 7.92. The van der Waals surface area contributed by atoms with Crippen LogP contribution in [-0.4, -0.2) is 25.2 Å². The van der Waals surface area contributed by atoms with E-state index in [-0.39, 0.29) is 15.0 Å². The van der Waals surface area contributed by atoms with Gasteiger partial charge in [-0.3, -0.25) is 0 Å². The van der Waals surface area contributed by atoms with Gasteiger partial charge in [0, 0.05) is 0 Å². The molecule has 15 heavy (non-hydrogen) atoms. The van der Waals surface area contributed by atoms with E-state index in [1.807, 2.05) is 24.3 Å². The SMILES string of the molecule is Oc1ccccc1[Se]c1ccccc1O. The number of phenolic OH excluding ortho intramolecular Hbond substituents is 2. The maximum absolute atomic E-state index is 9.60. The van der Waals surface area contributed by atoms with E-state index in [1.54, 1.807) is 24.3 Å². The van der Waals surface area contributed by atoms with E-state index >= 15 is 0 Å². The first-order valence-electron chi connectivity index (χ1n) is 4.51. The monoisotopic (exact) mass is 266 g/mol. The van der Waals surface area contributed by atoms with E-state index in [9.17, 15) is 10.2 Å². The van der Waals surface area contributed by atoms with Crippen LogP contribution in [0.2, 0.25) is 0 Å². The van der Waals surface area contributed by atoms with Crippen LogP contribution in [0.5, 0.6) is 11.5 Å². The number of hydrogen-bond acceptors (Lipinski definition) is 2. The van der Waals surface area contributed by atoms with Gasteiger partial charge in [0.05, 0.1) is 0 Å². The first-order valence-corrected chi connectivity index (χ1v) is 6.22. The van der Waals surface area contributed by atoms with Crippen molar-refractivity contribution < 1.29 is 10.2 Å². The molecule has 0 saturated heterocycles. The molecule has 2 nitrogen and oxygen atoms in total. The number of phenols is 2. The fourth-order valence-corrected chi connectivity index (χ4v) is 3.04. The average molecular weight is 265 g/mol. The number of aromatic hydroxyl groups is 2. The molecule has 0 unspecified atom stereocenters. The van der Waals surface area contributed by atoms with E-state index < -0.39 is 0 Å². The van der Waals surface area contributed by atoms with Crippen LogP contribution in [0.25, 0.3) is 0 Å². The topological polar surface area (TPSA) is 40.5 Å². The van der Waals surface area contributed by atoms with E-state index in [0.29, 0.717) is 11.5 Å². The Balaban J connectivity index is 2.30. The zero-order valence-corrected chi connectivity index (χ0v) is 9.63. The van der Waals surface area contributed by atoms with Crippen molar-refractivity contribution in [2.45, 2.75) is 0 Å². The predicted molar refractivity (Wildman–Crippen MR) is 61.2 cm³/mol. The van der Waals surface area contributed by atoms with Crippen molar-refractivity contribution in [2.75, 3.05) is 0 Å². The standard InChI is InChI=1S/C12H10O2Se/c13-9-5-1-3-7-11(9)15-12-8-4-2-6-10(12)14/h1-8,13-14H. The first kappa shape index (κ1) is 10.1. The molecule has 3 heteroatoms. The Morgan fingerprint density at radius 3 is 1.47 bits per heavy atom. The molecule has 0 radical (unpaired) electrons. The fraction of sp³-hybridized carbons (Fsp3) is 0. The molecule has 0 bridgehead atoms. The molecule has 0 aliphatic heterocycles. The number of para-hydroxylation sites is 2. The van der Waals surface area contributed by atoms with Crippen LogP contribution < -0.4 is 8.92 Å². The minimum absolute atomic E-state index is 0.0588. The third-order valence-electron chi connectivity index (χ3n) is 1.95. The summed E-state index contributed by atoms with van der Waals surface area (Å²) in [4.78, 5) is 0. The van der Waals surface area contributed by atoms with Gasteiger partial charge in [-0.25, -0.2) is 0 Å². The molecule has 0 fully saturated rings. The van der Waals surface area contributed by atoms with Gasteiger partial charge in [0.1, 0.15) is 0 Å². The van der Waals surface area contributed by atoms with Crippen molar-refractivity contribution in [3.05, 3.63) is 48.5 Å². The van der Waals surface area contributed by atoms with Crippen molar-refractivity contribution in [3.8, 4) is 11.5 Å². The van der Waals surface area contributed by atoms with E-state index in [1.165, 1.54) is 0 Å². The number of rotatable bonds is 2. The van der Waals surface area contributed by atoms with E-state index in [4.69, 9.17) is 0 Å². The van der Waals surface area contributed by atoms with Crippen molar-refractivity contribution in [1.29, 1.82) is 0 Å². The van der Waals surface area contributed by atoms with Gasteiger partial charge in [0.2, 0.25) is 0 Å². The Kier molecular flexibility index (Phi) is 2.95. The van der Waals surface area contributed by atoms with Crippen molar-refractivity contribution in [1.82, 2.24) is 0 Å². The molecule has 0 amide bonds. The van der Waals surface area contributed by atoms with Crippen LogP contribution in [0.1, 0.15) is 0 Å². The van der Waals surface area contributed by atoms with Crippen LogP contribution in [0.15, 0.2) is 48.5 Å². The van der Waals surface area contributed by atoms with Gasteiger partial charge in [0.15, 0.2) is 0 Å². The Bertz CT molecular complexity index is 425. The van der Waals surface area contributed by atoms with Gasteiger partial charge in [-0.1, -0.05) is 0 Å². The predicted octanol–water partition coefficient (Wildman–Crippen LogP) is 0.753. The van der Waals surface area contributed by atoms with Gasteiger partial charge in [0.25, 0.3) is 0 Å².